The lowest BCUT2D eigenvalue weighted by molar-refractivity contribution is -0.139. The van der Waals surface area contributed by atoms with Crippen LogP contribution in [-0.2, 0) is 26.2 Å². The maximum atomic E-state index is 14.2. The van der Waals surface area contributed by atoms with Gasteiger partial charge in [-0.3, -0.25) is 13.9 Å². The second-order valence-corrected chi connectivity index (χ2v) is 13.5. The van der Waals surface area contributed by atoms with Crippen LogP contribution in [0.25, 0.3) is 0 Å². The van der Waals surface area contributed by atoms with Crippen LogP contribution in [0.2, 0.25) is 15.1 Å². The van der Waals surface area contributed by atoms with Crippen LogP contribution in [0, 0.1) is 0 Å². The molecule has 1 atom stereocenters. The van der Waals surface area contributed by atoms with Crippen molar-refractivity contribution in [3.8, 4) is 5.75 Å². The number of carbonyl (C=O) groups is 2. The van der Waals surface area contributed by atoms with Gasteiger partial charge in [-0.25, -0.2) is 8.42 Å². The summed E-state index contributed by atoms with van der Waals surface area (Å²) in [5.41, 5.74) is 0.511. The number of nitrogens with one attached hydrogen (secondary N) is 1. The first-order chi connectivity index (χ1) is 20.5. The number of benzene rings is 3. The molecule has 0 bridgehead atoms. The highest BCUT2D eigenvalue weighted by atomic mass is 35.5. The molecule has 4 rings (SSSR count). The molecule has 0 spiro atoms. The molecule has 1 N–H and O–H groups in total. The average molecular weight is 667 g/mol. The number of nitrogens with zero attached hydrogens (tertiary/aromatic N) is 2. The molecule has 0 aliphatic heterocycles. The maximum Gasteiger partial charge on any atom is 0.264 e. The highest BCUT2D eigenvalue weighted by molar-refractivity contribution is 7.92. The lowest BCUT2D eigenvalue weighted by Crippen LogP contribution is -2.53. The largest absolute Gasteiger partial charge is 0.495 e. The van der Waals surface area contributed by atoms with Gasteiger partial charge < -0.3 is 15.0 Å². The second kappa shape index (κ2) is 14.7. The molecule has 3 aromatic carbocycles. The Morgan fingerprint density at radius 1 is 0.953 bits per heavy atom. The minimum absolute atomic E-state index is 0.00947. The van der Waals surface area contributed by atoms with Crippen LogP contribution in [0.1, 0.15) is 44.6 Å². The third kappa shape index (κ3) is 7.95. The summed E-state index contributed by atoms with van der Waals surface area (Å²) in [6, 6.07) is 16.2. The van der Waals surface area contributed by atoms with Gasteiger partial charge in [-0.2, -0.15) is 0 Å². The zero-order valence-electron chi connectivity index (χ0n) is 23.9. The van der Waals surface area contributed by atoms with Crippen molar-refractivity contribution in [3.63, 3.8) is 0 Å². The van der Waals surface area contributed by atoms with Gasteiger partial charge >= 0.3 is 0 Å². The smallest absolute Gasteiger partial charge is 0.264 e. The number of hydrogen-bond donors (Lipinski definition) is 1. The Kier molecular flexibility index (Phi) is 11.2. The number of methoxy groups -OCH3 is 1. The first-order valence-electron chi connectivity index (χ1n) is 14.0. The molecule has 1 aliphatic rings. The Morgan fingerprint density at radius 2 is 1.60 bits per heavy atom. The van der Waals surface area contributed by atoms with E-state index in [0.29, 0.717) is 15.6 Å². The molecule has 0 unspecified atom stereocenters. The SMILES string of the molecule is COc1ccc(Cl)cc1N(CC(=O)N(Cc1c(Cl)cccc1Cl)[C@H](C)C(=O)NC1CCCCC1)S(=O)(=O)c1ccccc1. The number of rotatable bonds is 11. The standard InChI is InChI=1S/C31H34Cl3N3O5S/c1-21(31(39)35-23-10-5-3-6-11-23)36(19-25-26(33)14-9-15-27(25)34)30(38)20-37(28-18-22(32)16-17-29(28)42-2)43(40,41)24-12-7-4-8-13-24/h4,7-9,12-18,21,23H,3,5-6,10-11,19-20H2,1-2H3,(H,35,39)/t21-/m1/s1. The van der Waals surface area contributed by atoms with E-state index in [1.807, 2.05) is 0 Å². The number of amides is 2. The molecule has 1 fully saturated rings. The van der Waals surface area contributed by atoms with Crippen LogP contribution in [0.4, 0.5) is 5.69 Å². The van der Waals surface area contributed by atoms with E-state index in [-0.39, 0.29) is 39.8 Å². The summed E-state index contributed by atoms with van der Waals surface area (Å²) < 4.78 is 34.5. The predicted molar refractivity (Wildman–Crippen MR) is 170 cm³/mol. The maximum absolute atomic E-state index is 14.2. The van der Waals surface area contributed by atoms with Gasteiger partial charge in [0.2, 0.25) is 11.8 Å². The molecule has 0 saturated heterocycles. The highest BCUT2D eigenvalue weighted by Crippen LogP contribution is 2.35. The summed E-state index contributed by atoms with van der Waals surface area (Å²) in [6.07, 6.45) is 4.88. The van der Waals surface area contributed by atoms with E-state index in [2.05, 4.69) is 5.32 Å². The fourth-order valence-corrected chi connectivity index (χ4v) is 7.22. The van der Waals surface area contributed by atoms with Gasteiger partial charge in [0.25, 0.3) is 10.0 Å². The third-order valence-corrected chi connectivity index (χ3v) is 10.2. The van der Waals surface area contributed by atoms with Crippen LogP contribution in [0.15, 0.2) is 71.6 Å². The first-order valence-corrected chi connectivity index (χ1v) is 16.5. The average Bonchev–Trinajstić information content (AvgIpc) is 3.00. The lowest BCUT2D eigenvalue weighted by atomic mass is 9.95. The molecular weight excluding hydrogens is 633 g/mol. The molecule has 0 aromatic heterocycles. The zero-order chi connectivity index (χ0) is 31.1. The topological polar surface area (TPSA) is 96.0 Å². The summed E-state index contributed by atoms with van der Waals surface area (Å²) in [5.74, 6) is -0.800. The number of hydrogen-bond acceptors (Lipinski definition) is 5. The summed E-state index contributed by atoms with van der Waals surface area (Å²) >= 11 is 19.2. The van der Waals surface area contributed by atoms with Gasteiger partial charge in [0, 0.05) is 33.2 Å². The predicted octanol–water partition coefficient (Wildman–Crippen LogP) is 6.72. The number of ether oxygens (including phenoxy) is 1. The van der Waals surface area contributed by atoms with Crippen molar-refractivity contribution in [2.75, 3.05) is 18.0 Å². The normalized spacial score (nSPS) is 14.5. The van der Waals surface area contributed by atoms with E-state index in [0.717, 1.165) is 36.4 Å². The molecule has 230 valence electrons. The molecule has 8 nitrogen and oxygen atoms in total. The van der Waals surface area contributed by atoms with E-state index in [1.54, 1.807) is 49.4 Å². The van der Waals surface area contributed by atoms with Crippen LogP contribution in [0.5, 0.6) is 5.75 Å². The Labute approximate surface area is 267 Å². The molecule has 3 aromatic rings. The fourth-order valence-electron chi connectivity index (χ4n) is 5.10. The molecular formula is C31H34Cl3N3O5S. The van der Waals surface area contributed by atoms with E-state index in [4.69, 9.17) is 39.5 Å². The van der Waals surface area contributed by atoms with Crippen molar-refractivity contribution in [3.05, 3.63) is 87.4 Å². The first kappa shape index (κ1) is 32.9. The van der Waals surface area contributed by atoms with Crippen molar-refractivity contribution in [1.29, 1.82) is 0 Å². The Balaban J connectivity index is 1.75. The summed E-state index contributed by atoms with van der Waals surface area (Å²) in [6.45, 7) is 0.830. The van der Waals surface area contributed by atoms with Crippen LogP contribution in [-0.4, -0.2) is 50.9 Å². The monoisotopic (exact) mass is 665 g/mol. The van der Waals surface area contributed by atoms with E-state index < -0.39 is 28.5 Å². The van der Waals surface area contributed by atoms with Crippen LogP contribution >= 0.6 is 34.8 Å². The number of halogens is 3. The van der Waals surface area contributed by atoms with Crippen molar-refractivity contribution >= 4 is 62.3 Å². The second-order valence-electron chi connectivity index (χ2n) is 10.4. The number of carbonyl (C=O) groups excluding carboxylic acids is 2. The Bertz CT molecular complexity index is 1530. The van der Waals surface area contributed by atoms with Crippen molar-refractivity contribution in [1.82, 2.24) is 10.2 Å². The quantitative estimate of drug-likeness (QED) is 0.245. The van der Waals surface area contributed by atoms with Crippen molar-refractivity contribution in [2.45, 2.75) is 62.6 Å². The van der Waals surface area contributed by atoms with Gasteiger partial charge in [0.15, 0.2) is 0 Å². The molecule has 0 radical (unpaired) electrons. The highest BCUT2D eigenvalue weighted by Gasteiger charge is 2.35. The minimum Gasteiger partial charge on any atom is -0.495 e. The fraction of sp³-hybridized carbons (Fsp3) is 0.355. The molecule has 1 saturated carbocycles. The Morgan fingerprint density at radius 3 is 2.23 bits per heavy atom. The molecule has 1 aliphatic carbocycles. The van der Waals surface area contributed by atoms with Crippen LogP contribution < -0.4 is 14.4 Å². The zero-order valence-corrected chi connectivity index (χ0v) is 27.0. The Hall–Kier alpha value is -2.98. The van der Waals surface area contributed by atoms with E-state index in [1.165, 1.54) is 36.3 Å². The minimum atomic E-state index is -4.30. The van der Waals surface area contributed by atoms with Gasteiger partial charge in [-0.15, -0.1) is 0 Å². The molecule has 0 heterocycles. The van der Waals surface area contributed by atoms with Gasteiger partial charge in [0.05, 0.1) is 17.7 Å². The molecule has 2 amide bonds. The number of anilines is 1. The van der Waals surface area contributed by atoms with Crippen LogP contribution in [0.3, 0.4) is 0 Å². The van der Waals surface area contributed by atoms with E-state index in [9.17, 15) is 18.0 Å². The molecule has 12 heteroatoms. The summed E-state index contributed by atoms with van der Waals surface area (Å²) in [7, 11) is -2.90. The summed E-state index contributed by atoms with van der Waals surface area (Å²) in [4.78, 5) is 29.0. The van der Waals surface area contributed by atoms with Gasteiger partial charge in [-0.1, -0.05) is 78.3 Å². The van der Waals surface area contributed by atoms with Gasteiger partial charge in [0.1, 0.15) is 18.3 Å². The summed E-state index contributed by atoms with van der Waals surface area (Å²) in [5, 5.41) is 3.94. The van der Waals surface area contributed by atoms with Gasteiger partial charge in [-0.05, 0) is 62.2 Å². The number of sulfonamides is 1. The van der Waals surface area contributed by atoms with Crippen molar-refractivity contribution in [2.24, 2.45) is 0 Å². The van der Waals surface area contributed by atoms with E-state index >= 15 is 0 Å². The third-order valence-electron chi connectivity index (χ3n) is 7.53. The van der Waals surface area contributed by atoms with Crippen molar-refractivity contribution < 1.29 is 22.7 Å². The lowest BCUT2D eigenvalue weighted by Gasteiger charge is -2.34. The molecule has 43 heavy (non-hydrogen) atoms.